The van der Waals surface area contributed by atoms with Crippen LogP contribution >= 0.6 is 0 Å². The van der Waals surface area contributed by atoms with Crippen LogP contribution in [0, 0.1) is 0 Å². The van der Waals surface area contributed by atoms with Gasteiger partial charge < -0.3 is 14.2 Å². The average molecular weight is 1070 g/mol. The Morgan fingerprint density at radius 3 is 0.789 bits per heavy atom. The van der Waals surface area contributed by atoms with Crippen LogP contribution in [-0.2, 0) is 28.6 Å². The number of esters is 3. The lowest BCUT2D eigenvalue weighted by molar-refractivity contribution is -0.167. The Morgan fingerprint density at radius 2 is 0.500 bits per heavy atom. The lowest BCUT2D eigenvalue weighted by atomic mass is 10.0. The van der Waals surface area contributed by atoms with Gasteiger partial charge in [0.15, 0.2) is 6.10 Å². The van der Waals surface area contributed by atoms with Gasteiger partial charge in [0.2, 0.25) is 0 Å². The largest absolute Gasteiger partial charge is 0.462 e. The van der Waals surface area contributed by atoms with Crippen molar-refractivity contribution in [1.29, 1.82) is 0 Å². The highest BCUT2D eigenvalue weighted by Crippen LogP contribution is 2.18. The zero-order valence-electron chi connectivity index (χ0n) is 51.3. The molecule has 0 saturated carbocycles. The van der Waals surface area contributed by atoms with E-state index in [0.717, 1.165) is 89.9 Å². The summed E-state index contributed by atoms with van der Waals surface area (Å²) in [6.07, 6.45) is 80.4. The Morgan fingerprint density at radius 1 is 0.263 bits per heavy atom. The predicted octanol–water partition coefficient (Wildman–Crippen LogP) is 23.2. The van der Waals surface area contributed by atoms with Crippen molar-refractivity contribution >= 4 is 17.9 Å². The first-order chi connectivity index (χ1) is 37.5. The quantitative estimate of drug-likeness (QED) is 0.0261. The Kier molecular flexibility index (Phi) is 63.1. The minimum Gasteiger partial charge on any atom is -0.462 e. The van der Waals surface area contributed by atoms with Gasteiger partial charge in [-0.2, -0.15) is 0 Å². The van der Waals surface area contributed by atoms with Crippen LogP contribution < -0.4 is 0 Å². The van der Waals surface area contributed by atoms with Crippen LogP contribution in [0.3, 0.4) is 0 Å². The Labute approximate surface area is 474 Å². The summed E-state index contributed by atoms with van der Waals surface area (Å²) in [5, 5.41) is 0. The summed E-state index contributed by atoms with van der Waals surface area (Å²) in [5.41, 5.74) is 0. The third-order valence-electron chi connectivity index (χ3n) is 15.3. The average Bonchev–Trinajstić information content (AvgIpc) is 3.42. The zero-order valence-corrected chi connectivity index (χ0v) is 51.3. The summed E-state index contributed by atoms with van der Waals surface area (Å²) < 4.78 is 16.9. The van der Waals surface area contributed by atoms with Crippen LogP contribution in [0.25, 0.3) is 0 Å². The van der Waals surface area contributed by atoms with Gasteiger partial charge in [0, 0.05) is 19.3 Å². The van der Waals surface area contributed by atoms with E-state index in [1.54, 1.807) is 0 Å². The van der Waals surface area contributed by atoms with Gasteiger partial charge in [-0.3, -0.25) is 14.4 Å². The number of hydrogen-bond donors (Lipinski definition) is 0. The first-order valence-electron chi connectivity index (χ1n) is 34.0. The van der Waals surface area contributed by atoms with E-state index in [1.807, 2.05) is 0 Å². The molecular weight excluding hydrogens is 937 g/mol. The molecule has 0 fully saturated rings. The van der Waals surface area contributed by atoms with Gasteiger partial charge in [0.05, 0.1) is 0 Å². The van der Waals surface area contributed by atoms with E-state index >= 15 is 0 Å². The van der Waals surface area contributed by atoms with Crippen molar-refractivity contribution in [3.8, 4) is 0 Å². The summed E-state index contributed by atoms with van der Waals surface area (Å²) in [7, 11) is 0. The molecule has 0 aliphatic heterocycles. The maximum absolute atomic E-state index is 12.9. The molecule has 0 N–H and O–H groups in total. The molecule has 0 spiro atoms. The van der Waals surface area contributed by atoms with Crippen LogP contribution in [0.1, 0.15) is 374 Å². The van der Waals surface area contributed by atoms with Gasteiger partial charge in [0.25, 0.3) is 0 Å². The first kappa shape index (κ1) is 73.6. The maximum atomic E-state index is 12.9. The number of rotatable bonds is 63. The molecule has 1 unspecified atom stereocenters. The molecule has 0 saturated heterocycles. The van der Waals surface area contributed by atoms with E-state index < -0.39 is 6.10 Å². The van der Waals surface area contributed by atoms with Crippen molar-refractivity contribution in [2.75, 3.05) is 13.2 Å². The molecule has 0 radical (unpaired) electrons. The standard InChI is InChI=1S/C70H130O6/c1-4-7-10-13-16-19-22-25-27-28-29-30-31-32-33-34-35-36-37-38-39-40-41-43-45-48-51-54-57-60-63-69(72)75-66-67(65-74-68(71)62-59-56-53-50-47-44-24-21-18-15-12-9-6-3)76-70(73)64-61-58-55-52-49-46-42-26-23-20-17-14-11-8-5-2/h12,15,21,24,26,42,67H,4-11,13-14,16-20,22-23,25,27-41,43-66H2,1-3H3/b15-12-,24-21-,42-26-. The lowest BCUT2D eigenvalue weighted by Gasteiger charge is -2.18. The van der Waals surface area contributed by atoms with Crippen LogP contribution in [0.15, 0.2) is 36.5 Å². The van der Waals surface area contributed by atoms with Crippen LogP contribution in [0.4, 0.5) is 0 Å². The highest BCUT2D eigenvalue weighted by Gasteiger charge is 2.19. The third kappa shape index (κ3) is 62.5. The van der Waals surface area contributed by atoms with E-state index in [2.05, 4.69) is 57.2 Å². The SMILES string of the molecule is CCC/C=C\C/C=C\CCCCCCCC(=O)OCC(COC(=O)CCCCCCCCCCCCCCCCCCCCCCCCCCCCCCCC)OC(=O)CCCCCCC/C=C\CCCCCCCC. The van der Waals surface area contributed by atoms with Crippen molar-refractivity contribution in [3.63, 3.8) is 0 Å². The summed E-state index contributed by atoms with van der Waals surface area (Å²) in [6.45, 7) is 6.61. The lowest BCUT2D eigenvalue weighted by Crippen LogP contribution is -2.30. The van der Waals surface area contributed by atoms with Crippen LogP contribution in [0.2, 0.25) is 0 Å². The molecule has 6 nitrogen and oxygen atoms in total. The molecule has 1 atom stereocenters. The van der Waals surface area contributed by atoms with Crippen molar-refractivity contribution in [3.05, 3.63) is 36.5 Å². The molecule has 0 aliphatic rings. The second-order valence-electron chi connectivity index (χ2n) is 23.1. The van der Waals surface area contributed by atoms with Gasteiger partial charge in [-0.05, 0) is 70.6 Å². The first-order valence-corrected chi connectivity index (χ1v) is 34.0. The van der Waals surface area contributed by atoms with Crippen molar-refractivity contribution in [2.45, 2.75) is 380 Å². The fourth-order valence-electron chi connectivity index (χ4n) is 10.2. The monoisotopic (exact) mass is 1070 g/mol. The highest BCUT2D eigenvalue weighted by molar-refractivity contribution is 5.71. The fraction of sp³-hybridized carbons (Fsp3) is 0.871. The zero-order chi connectivity index (χ0) is 55.0. The van der Waals surface area contributed by atoms with Crippen LogP contribution in [-0.4, -0.2) is 37.2 Å². The molecule has 0 amide bonds. The molecule has 0 bridgehead atoms. The number of hydrogen-bond acceptors (Lipinski definition) is 6. The van der Waals surface area contributed by atoms with E-state index in [4.69, 9.17) is 14.2 Å². The molecule has 446 valence electrons. The summed E-state index contributed by atoms with van der Waals surface area (Å²) in [6, 6.07) is 0. The van der Waals surface area contributed by atoms with Crippen molar-refractivity contribution in [1.82, 2.24) is 0 Å². The Balaban J connectivity index is 4.13. The van der Waals surface area contributed by atoms with E-state index in [9.17, 15) is 14.4 Å². The third-order valence-corrected chi connectivity index (χ3v) is 15.3. The minimum absolute atomic E-state index is 0.0761. The van der Waals surface area contributed by atoms with E-state index in [-0.39, 0.29) is 31.1 Å². The maximum Gasteiger partial charge on any atom is 0.306 e. The second kappa shape index (κ2) is 65.2. The van der Waals surface area contributed by atoms with Gasteiger partial charge >= 0.3 is 17.9 Å². The fourth-order valence-corrected chi connectivity index (χ4v) is 10.2. The number of carbonyl (C=O) groups excluding carboxylic acids is 3. The van der Waals surface area contributed by atoms with Gasteiger partial charge in [-0.1, -0.05) is 320 Å². The number of ether oxygens (including phenoxy) is 3. The predicted molar refractivity (Wildman–Crippen MR) is 330 cm³/mol. The van der Waals surface area contributed by atoms with Gasteiger partial charge in [-0.15, -0.1) is 0 Å². The molecule has 0 aromatic heterocycles. The second-order valence-corrected chi connectivity index (χ2v) is 23.1. The number of unbranched alkanes of at least 4 members (excludes halogenated alkanes) is 46. The Hall–Kier alpha value is -2.37. The van der Waals surface area contributed by atoms with Crippen LogP contribution in [0.5, 0.6) is 0 Å². The summed E-state index contributed by atoms with van der Waals surface area (Å²) in [4.78, 5) is 38.3. The molecule has 0 aliphatic carbocycles. The molecule has 76 heavy (non-hydrogen) atoms. The normalized spacial score (nSPS) is 12.2. The molecule has 0 heterocycles. The van der Waals surface area contributed by atoms with Crippen molar-refractivity contribution < 1.29 is 28.6 Å². The summed E-state index contributed by atoms with van der Waals surface area (Å²) in [5.74, 6) is -0.877. The van der Waals surface area contributed by atoms with E-state index in [0.29, 0.717) is 19.3 Å². The topological polar surface area (TPSA) is 78.9 Å². The Bertz CT molecular complexity index is 1270. The van der Waals surface area contributed by atoms with Gasteiger partial charge in [-0.25, -0.2) is 0 Å². The highest BCUT2D eigenvalue weighted by atomic mass is 16.6. The number of carbonyl (C=O) groups is 3. The molecule has 0 rings (SSSR count). The summed E-state index contributed by atoms with van der Waals surface area (Å²) >= 11 is 0. The molecular formula is C70H130O6. The smallest absolute Gasteiger partial charge is 0.306 e. The molecule has 0 aromatic rings. The minimum atomic E-state index is -0.780. The molecule has 0 aromatic carbocycles. The van der Waals surface area contributed by atoms with Gasteiger partial charge in [0.1, 0.15) is 13.2 Å². The van der Waals surface area contributed by atoms with Crippen molar-refractivity contribution in [2.24, 2.45) is 0 Å². The number of allylic oxidation sites excluding steroid dienone is 6. The van der Waals surface area contributed by atoms with E-state index in [1.165, 1.54) is 244 Å². The molecule has 6 heteroatoms.